The van der Waals surface area contributed by atoms with Gasteiger partial charge >= 0.3 is 0 Å². The molecular weight excluding hydrogens is 202 g/mol. The van der Waals surface area contributed by atoms with E-state index < -0.39 is 5.54 Å². The zero-order valence-electron chi connectivity index (χ0n) is 10.6. The van der Waals surface area contributed by atoms with Crippen LogP contribution in [0.15, 0.2) is 4.99 Å². The fraction of sp³-hybridized carbons (Fsp3) is 0.833. The van der Waals surface area contributed by atoms with Crippen LogP contribution in [-0.4, -0.2) is 24.0 Å². The van der Waals surface area contributed by atoms with Gasteiger partial charge in [0.15, 0.2) is 5.96 Å². The van der Waals surface area contributed by atoms with E-state index in [-0.39, 0.29) is 11.3 Å². The van der Waals surface area contributed by atoms with Crippen LogP contribution in [0.4, 0.5) is 0 Å². The van der Waals surface area contributed by atoms with Crippen LogP contribution in [0.5, 0.6) is 0 Å². The Kier molecular flexibility index (Phi) is 2.48. The topological polar surface area (TPSA) is 53.5 Å². The number of aliphatic imine (C=N–C) groups is 1. The summed E-state index contributed by atoms with van der Waals surface area (Å²) in [6, 6.07) is 0. The van der Waals surface area contributed by atoms with Gasteiger partial charge in [-0.05, 0) is 31.1 Å². The van der Waals surface area contributed by atoms with Crippen LogP contribution in [-0.2, 0) is 4.79 Å². The third-order valence-corrected chi connectivity index (χ3v) is 3.88. The van der Waals surface area contributed by atoms with Crippen molar-refractivity contribution in [1.82, 2.24) is 10.6 Å². The van der Waals surface area contributed by atoms with Crippen molar-refractivity contribution in [3.05, 3.63) is 0 Å². The number of nitrogens with zero attached hydrogens (tertiary/aromatic N) is 1. The van der Waals surface area contributed by atoms with Crippen molar-refractivity contribution in [3.8, 4) is 0 Å². The smallest absolute Gasteiger partial charge is 0.252 e. The van der Waals surface area contributed by atoms with Gasteiger partial charge in [-0.2, -0.15) is 0 Å². The molecule has 0 bridgehead atoms. The molecule has 1 saturated heterocycles. The number of amides is 1. The molecule has 1 unspecified atom stereocenters. The first kappa shape index (κ1) is 11.4. The average Bonchev–Trinajstić information content (AvgIpc) is 2.86. The minimum atomic E-state index is -0.469. The van der Waals surface area contributed by atoms with Gasteiger partial charge in [-0.25, -0.2) is 0 Å². The number of hydrogen-bond acceptors (Lipinski definition) is 2. The lowest BCUT2D eigenvalue weighted by molar-refractivity contribution is -0.125. The van der Waals surface area contributed by atoms with Gasteiger partial charge in [0.1, 0.15) is 5.54 Å². The van der Waals surface area contributed by atoms with E-state index in [4.69, 9.17) is 0 Å². The number of carbonyl (C=O) groups excluding carboxylic acids is 1. The van der Waals surface area contributed by atoms with Crippen LogP contribution >= 0.6 is 0 Å². The first-order chi connectivity index (χ1) is 7.37. The zero-order valence-corrected chi connectivity index (χ0v) is 10.6. The summed E-state index contributed by atoms with van der Waals surface area (Å²) >= 11 is 0. The maximum absolute atomic E-state index is 12.0. The first-order valence-electron chi connectivity index (χ1n) is 6.01. The predicted octanol–water partition coefficient (Wildman–Crippen LogP) is 1.28. The van der Waals surface area contributed by atoms with Gasteiger partial charge in [0, 0.05) is 6.54 Å². The molecule has 4 nitrogen and oxygen atoms in total. The molecule has 0 aromatic heterocycles. The van der Waals surface area contributed by atoms with Gasteiger partial charge in [-0.15, -0.1) is 0 Å². The van der Waals surface area contributed by atoms with Crippen LogP contribution in [0.2, 0.25) is 0 Å². The summed E-state index contributed by atoms with van der Waals surface area (Å²) < 4.78 is 0. The van der Waals surface area contributed by atoms with Gasteiger partial charge < -0.3 is 5.32 Å². The van der Waals surface area contributed by atoms with E-state index in [1.54, 1.807) is 0 Å². The third-order valence-electron chi connectivity index (χ3n) is 3.88. The molecule has 0 spiro atoms. The predicted molar refractivity (Wildman–Crippen MR) is 64.2 cm³/mol. The number of rotatable bonds is 3. The lowest BCUT2D eigenvalue weighted by atomic mass is 9.84. The van der Waals surface area contributed by atoms with E-state index in [9.17, 15) is 4.79 Å². The number of nitrogens with one attached hydrogen (secondary N) is 2. The van der Waals surface area contributed by atoms with Crippen molar-refractivity contribution in [1.29, 1.82) is 0 Å². The van der Waals surface area contributed by atoms with Crippen molar-refractivity contribution >= 4 is 11.9 Å². The van der Waals surface area contributed by atoms with Crippen molar-refractivity contribution in [2.45, 2.75) is 46.1 Å². The Morgan fingerprint density at radius 3 is 2.50 bits per heavy atom. The van der Waals surface area contributed by atoms with Crippen molar-refractivity contribution in [2.24, 2.45) is 16.3 Å². The Balaban J connectivity index is 2.10. The van der Waals surface area contributed by atoms with Crippen LogP contribution in [0.25, 0.3) is 0 Å². The Morgan fingerprint density at radius 2 is 2.00 bits per heavy atom. The summed E-state index contributed by atoms with van der Waals surface area (Å²) in [5, 5.41) is 6.11. The molecule has 1 aliphatic heterocycles. The third kappa shape index (κ3) is 1.70. The van der Waals surface area contributed by atoms with E-state index in [1.807, 2.05) is 6.92 Å². The van der Waals surface area contributed by atoms with Gasteiger partial charge in [0.2, 0.25) is 0 Å². The largest absolute Gasteiger partial charge is 0.341 e. The monoisotopic (exact) mass is 223 g/mol. The second-order valence-corrected chi connectivity index (χ2v) is 5.85. The quantitative estimate of drug-likeness (QED) is 0.757. The van der Waals surface area contributed by atoms with Gasteiger partial charge in [-0.1, -0.05) is 20.8 Å². The Hall–Kier alpha value is -1.06. The van der Waals surface area contributed by atoms with Crippen LogP contribution in [0, 0.1) is 11.3 Å². The number of guanidine groups is 1. The zero-order chi connectivity index (χ0) is 12.0. The molecule has 1 atom stereocenters. The molecule has 0 aromatic rings. The number of carbonyl (C=O) groups is 1. The summed E-state index contributed by atoms with van der Waals surface area (Å²) in [5.41, 5.74) is -0.366. The molecule has 1 heterocycles. The fourth-order valence-corrected chi connectivity index (χ4v) is 2.02. The molecule has 90 valence electrons. The average molecular weight is 223 g/mol. The second kappa shape index (κ2) is 3.47. The van der Waals surface area contributed by atoms with Crippen LogP contribution < -0.4 is 10.6 Å². The molecule has 16 heavy (non-hydrogen) atoms. The Morgan fingerprint density at radius 1 is 1.38 bits per heavy atom. The van der Waals surface area contributed by atoms with Crippen LogP contribution in [0.1, 0.15) is 40.5 Å². The van der Waals surface area contributed by atoms with Crippen LogP contribution in [0.3, 0.4) is 0 Å². The highest BCUT2D eigenvalue weighted by atomic mass is 16.2. The molecule has 2 rings (SSSR count). The summed E-state index contributed by atoms with van der Waals surface area (Å²) in [6.45, 7) is 9.11. The Bertz CT molecular complexity index is 344. The second-order valence-electron chi connectivity index (χ2n) is 5.85. The minimum absolute atomic E-state index is 0.0648. The fourth-order valence-electron chi connectivity index (χ4n) is 2.02. The van der Waals surface area contributed by atoms with E-state index >= 15 is 0 Å². The van der Waals surface area contributed by atoms with E-state index in [0.29, 0.717) is 11.9 Å². The van der Waals surface area contributed by atoms with Crippen molar-refractivity contribution in [2.75, 3.05) is 6.54 Å². The van der Waals surface area contributed by atoms with Gasteiger partial charge in [0.05, 0.1) is 0 Å². The minimum Gasteiger partial charge on any atom is -0.341 e. The highest BCUT2D eigenvalue weighted by Crippen LogP contribution is 2.54. The molecule has 0 aromatic carbocycles. The molecular formula is C12H21N3O. The molecule has 2 N–H and O–H groups in total. The van der Waals surface area contributed by atoms with Crippen molar-refractivity contribution in [3.63, 3.8) is 0 Å². The molecule has 2 aliphatic rings. The van der Waals surface area contributed by atoms with Gasteiger partial charge in [0.25, 0.3) is 5.91 Å². The summed E-state index contributed by atoms with van der Waals surface area (Å²) in [4.78, 5) is 16.4. The molecule has 2 fully saturated rings. The summed E-state index contributed by atoms with van der Waals surface area (Å²) in [5.74, 6) is 1.22. The molecule has 0 radical (unpaired) electrons. The lowest BCUT2D eigenvalue weighted by Gasteiger charge is -2.28. The maximum Gasteiger partial charge on any atom is 0.252 e. The highest BCUT2D eigenvalue weighted by molar-refractivity contribution is 6.09. The molecule has 1 amide bonds. The van der Waals surface area contributed by atoms with E-state index in [1.165, 1.54) is 0 Å². The van der Waals surface area contributed by atoms with Crippen molar-refractivity contribution < 1.29 is 4.79 Å². The van der Waals surface area contributed by atoms with E-state index in [2.05, 4.69) is 36.4 Å². The molecule has 1 aliphatic carbocycles. The normalized spacial score (nSPS) is 34.1. The highest BCUT2D eigenvalue weighted by Gasteiger charge is 2.60. The molecule has 1 saturated carbocycles. The van der Waals surface area contributed by atoms with Gasteiger partial charge in [-0.3, -0.25) is 15.1 Å². The number of hydrogen-bond donors (Lipinski definition) is 2. The first-order valence-corrected chi connectivity index (χ1v) is 6.01. The standard InChI is InChI=1S/C12H21N3O/c1-8(2)7-13-10-14-9(16)12(4,15-10)11(3)5-6-11/h8H,5-7H2,1-4H3,(H2,13,14,15,16). The lowest BCUT2D eigenvalue weighted by Crippen LogP contribution is -2.50. The summed E-state index contributed by atoms with van der Waals surface area (Å²) in [6.07, 6.45) is 2.22. The molecule has 4 heteroatoms. The van der Waals surface area contributed by atoms with E-state index in [0.717, 1.165) is 19.4 Å². The maximum atomic E-state index is 12.0. The summed E-state index contributed by atoms with van der Waals surface area (Å²) in [7, 11) is 0. The Labute approximate surface area is 96.9 Å². The SMILES string of the molecule is CC(C)CN=C1NC(=O)C(C)(C2(C)CC2)N1.